The van der Waals surface area contributed by atoms with Gasteiger partial charge in [-0.15, -0.1) is 0 Å². The minimum absolute atomic E-state index is 1.09. The SMILES string of the molecule is CCc1cc(CCc2ccccc2)c(CC)cc1Br. The second kappa shape index (κ2) is 6.91. The summed E-state index contributed by atoms with van der Waals surface area (Å²) in [6, 6.07) is 15.4. The predicted octanol–water partition coefficient (Wildman–Crippen LogP) is 5.36. The highest BCUT2D eigenvalue weighted by atomic mass is 79.9. The molecule has 0 aliphatic carbocycles. The van der Waals surface area contributed by atoms with Gasteiger partial charge in [0.2, 0.25) is 0 Å². The molecule has 0 saturated carbocycles. The van der Waals surface area contributed by atoms with E-state index in [1.165, 1.54) is 26.7 Å². The van der Waals surface area contributed by atoms with Crippen molar-refractivity contribution in [3.63, 3.8) is 0 Å². The van der Waals surface area contributed by atoms with E-state index in [0.717, 1.165) is 25.7 Å². The van der Waals surface area contributed by atoms with Crippen LogP contribution in [-0.2, 0) is 25.7 Å². The first-order valence-corrected chi connectivity index (χ1v) is 7.88. The maximum Gasteiger partial charge on any atom is 0.0210 e. The van der Waals surface area contributed by atoms with Gasteiger partial charge in [0.15, 0.2) is 0 Å². The fourth-order valence-electron chi connectivity index (χ4n) is 2.47. The molecule has 0 aromatic heterocycles. The lowest BCUT2D eigenvalue weighted by molar-refractivity contribution is 0.921. The van der Waals surface area contributed by atoms with Crippen LogP contribution in [0.3, 0.4) is 0 Å². The quantitative estimate of drug-likeness (QED) is 0.696. The maximum absolute atomic E-state index is 3.68. The third kappa shape index (κ3) is 3.70. The normalized spacial score (nSPS) is 10.7. The lowest BCUT2D eigenvalue weighted by Gasteiger charge is -2.12. The number of hydrogen-bond acceptors (Lipinski definition) is 0. The highest BCUT2D eigenvalue weighted by molar-refractivity contribution is 9.10. The molecule has 0 atom stereocenters. The van der Waals surface area contributed by atoms with Crippen LogP contribution in [0.25, 0.3) is 0 Å². The summed E-state index contributed by atoms with van der Waals surface area (Å²) >= 11 is 3.68. The van der Waals surface area contributed by atoms with Gasteiger partial charge < -0.3 is 0 Å². The fourth-order valence-corrected chi connectivity index (χ4v) is 3.14. The Morgan fingerprint density at radius 1 is 0.789 bits per heavy atom. The summed E-state index contributed by atoms with van der Waals surface area (Å²) in [7, 11) is 0. The minimum Gasteiger partial charge on any atom is -0.0622 e. The number of benzene rings is 2. The Labute approximate surface area is 125 Å². The molecule has 0 aliphatic heterocycles. The van der Waals surface area contributed by atoms with Gasteiger partial charge in [-0.2, -0.15) is 0 Å². The first-order chi connectivity index (χ1) is 9.24. The summed E-state index contributed by atoms with van der Waals surface area (Å²) < 4.78 is 1.26. The monoisotopic (exact) mass is 316 g/mol. The van der Waals surface area contributed by atoms with E-state index >= 15 is 0 Å². The molecular weight excluding hydrogens is 296 g/mol. The standard InChI is InChI=1S/C18H21Br/c1-3-15-13-18(19)16(4-2)12-17(15)11-10-14-8-6-5-7-9-14/h5-9,12-13H,3-4,10-11H2,1-2H3. The van der Waals surface area contributed by atoms with Crippen molar-refractivity contribution in [2.75, 3.05) is 0 Å². The molecule has 0 heterocycles. The van der Waals surface area contributed by atoms with E-state index in [-0.39, 0.29) is 0 Å². The van der Waals surface area contributed by atoms with Crippen molar-refractivity contribution in [3.8, 4) is 0 Å². The van der Waals surface area contributed by atoms with Crippen molar-refractivity contribution in [1.29, 1.82) is 0 Å². The molecule has 0 amide bonds. The molecule has 2 rings (SSSR count). The topological polar surface area (TPSA) is 0 Å². The number of aryl methyl sites for hydroxylation is 4. The summed E-state index contributed by atoms with van der Waals surface area (Å²) in [6.45, 7) is 4.45. The molecule has 100 valence electrons. The van der Waals surface area contributed by atoms with E-state index in [2.05, 4.69) is 72.2 Å². The van der Waals surface area contributed by atoms with E-state index in [1.807, 2.05) is 0 Å². The Kier molecular flexibility index (Phi) is 5.21. The van der Waals surface area contributed by atoms with E-state index < -0.39 is 0 Å². The summed E-state index contributed by atoms with van der Waals surface area (Å²) in [5.41, 5.74) is 5.82. The number of hydrogen-bond donors (Lipinski definition) is 0. The Bertz CT molecular complexity index is 529. The second-order valence-electron chi connectivity index (χ2n) is 4.91. The predicted molar refractivity (Wildman–Crippen MR) is 86.7 cm³/mol. The van der Waals surface area contributed by atoms with Crippen LogP contribution in [0.5, 0.6) is 0 Å². The third-order valence-corrected chi connectivity index (χ3v) is 4.39. The minimum atomic E-state index is 1.09. The molecule has 0 nitrogen and oxygen atoms in total. The highest BCUT2D eigenvalue weighted by Gasteiger charge is 2.06. The van der Waals surface area contributed by atoms with Crippen molar-refractivity contribution in [3.05, 3.63) is 69.2 Å². The van der Waals surface area contributed by atoms with Crippen LogP contribution in [0.4, 0.5) is 0 Å². The zero-order chi connectivity index (χ0) is 13.7. The van der Waals surface area contributed by atoms with E-state index in [4.69, 9.17) is 0 Å². The molecule has 0 saturated heterocycles. The molecule has 0 radical (unpaired) electrons. The van der Waals surface area contributed by atoms with Crippen LogP contribution >= 0.6 is 15.9 Å². The van der Waals surface area contributed by atoms with Crippen LogP contribution in [-0.4, -0.2) is 0 Å². The van der Waals surface area contributed by atoms with Gasteiger partial charge in [0.25, 0.3) is 0 Å². The van der Waals surface area contributed by atoms with Gasteiger partial charge in [0.1, 0.15) is 0 Å². The van der Waals surface area contributed by atoms with E-state index in [0.29, 0.717) is 0 Å². The highest BCUT2D eigenvalue weighted by Crippen LogP contribution is 2.24. The number of halogens is 1. The fraction of sp³-hybridized carbons (Fsp3) is 0.333. The van der Waals surface area contributed by atoms with Crippen molar-refractivity contribution >= 4 is 15.9 Å². The molecule has 2 aromatic carbocycles. The van der Waals surface area contributed by atoms with Crippen molar-refractivity contribution in [2.45, 2.75) is 39.5 Å². The molecule has 19 heavy (non-hydrogen) atoms. The Morgan fingerprint density at radius 3 is 2.11 bits per heavy atom. The molecule has 0 aliphatic rings. The summed E-state index contributed by atoms with van der Waals surface area (Å²) in [6.07, 6.45) is 4.45. The van der Waals surface area contributed by atoms with Crippen LogP contribution < -0.4 is 0 Å². The van der Waals surface area contributed by atoms with Gasteiger partial charge >= 0.3 is 0 Å². The Morgan fingerprint density at radius 2 is 1.47 bits per heavy atom. The zero-order valence-corrected chi connectivity index (χ0v) is 13.3. The largest absolute Gasteiger partial charge is 0.0622 e. The molecule has 0 fully saturated rings. The molecule has 0 spiro atoms. The van der Waals surface area contributed by atoms with Crippen LogP contribution in [0.15, 0.2) is 46.9 Å². The van der Waals surface area contributed by atoms with Gasteiger partial charge in [0.05, 0.1) is 0 Å². The Hall–Kier alpha value is -1.08. The summed E-state index contributed by atoms with van der Waals surface area (Å²) in [4.78, 5) is 0. The van der Waals surface area contributed by atoms with Crippen molar-refractivity contribution in [2.24, 2.45) is 0 Å². The van der Waals surface area contributed by atoms with Crippen molar-refractivity contribution < 1.29 is 0 Å². The van der Waals surface area contributed by atoms with Gasteiger partial charge in [0, 0.05) is 4.47 Å². The van der Waals surface area contributed by atoms with Crippen molar-refractivity contribution in [1.82, 2.24) is 0 Å². The van der Waals surface area contributed by atoms with Gasteiger partial charge in [-0.3, -0.25) is 0 Å². The molecule has 2 aromatic rings. The smallest absolute Gasteiger partial charge is 0.0210 e. The molecular formula is C18H21Br. The van der Waals surface area contributed by atoms with Gasteiger partial charge in [-0.05, 0) is 54.0 Å². The Balaban J connectivity index is 2.19. The van der Waals surface area contributed by atoms with Crippen LogP contribution in [0, 0.1) is 0 Å². The average Bonchev–Trinajstić information content (AvgIpc) is 2.46. The average molecular weight is 317 g/mol. The summed E-state index contributed by atoms with van der Waals surface area (Å²) in [5, 5.41) is 0. The summed E-state index contributed by atoms with van der Waals surface area (Å²) in [5.74, 6) is 0. The lowest BCUT2D eigenvalue weighted by Crippen LogP contribution is -1.99. The molecule has 1 heteroatoms. The lowest BCUT2D eigenvalue weighted by atomic mass is 9.95. The number of rotatable bonds is 5. The first kappa shape index (κ1) is 14.3. The van der Waals surface area contributed by atoms with Gasteiger partial charge in [-0.25, -0.2) is 0 Å². The van der Waals surface area contributed by atoms with E-state index in [9.17, 15) is 0 Å². The first-order valence-electron chi connectivity index (χ1n) is 7.08. The second-order valence-corrected chi connectivity index (χ2v) is 5.76. The molecule has 0 unspecified atom stereocenters. The van der Waals surface area contributed by atoms with Crippen LogP contribution in [0.1, 0.15) is 36.1 Å². The van der Waals surface area contributed by atoms with Gasteiger partial charge in [-0.1, -0.05) is 66.2 Å². The third-order valence-electron chi connectivity index (χ3n) is 3.66. The zero-order valence-electron chi connectivity index (χ0n) is 11.7. The maximum atomic E-state index is 3.68. The molecule has 0 N–H and O–H groups in total. The van der Waals surface area contributed by atoms with Crippen LogP contribution in [0.2, 0.25) is 0 Å². The molecule has 0 bridgehead atoms. The van der Waals surface area contributed by atoms with E-state index in [1.54, 1.807) is 0 Å².